The lowest BCUT2D eigenvalue weighted by atomic mass is 10.1. The number of nitrogens with zero attached hydrogens (tertiary/aromatic N) is 3. The van der Waals surface area contributed by atoms with Crippen molar-refractivity contribution in [3.8, 4) is 6.07 Å². The van der Waals surface area contributed by atoms with Crippen LogP contribution in [0.25, 0.3) is 0 Å². The fourth-order valence-electron chi connectivity index (χ4n) is 4.46. The lowest BCUT2D eigenvalue weighted by molar-refractivity contribution is -0.0767. The molecule has 2 rings (SSSR count). The van der Waals surface area contributed by atoms with E-state index in [0.29, 0.717) is 5.56 Å². The van der Waals surface area contributed by atoms with E-state index >= 15 is 0 Å². The molecule has 16 heteroatoms. The Hall–Kier alpha value is -1.75. The zero-order chi connectivity index (χ0) is 32.2. The van der Waals surface area contributed by atoms with Gasteiger partial charge in [-0.25, -0.2) is 9.46 Å². The van der Waals surface area contributed by atoms with Gasteiger partial charge in [0.25, 0.3) is 14.1 Å². The molecule has 5 atom stereocenters. The minimum atomic E-state index is -3.63. The van der Waals surface area contributed by atoms with Crippen molar-refractivity contribution in [2.75, 3.05) is 40.1 Å². The van der Waals surface area contributed by atoms with Gasteiger partial charge in [0, 0.05) is 36.8 Å². The number of rotatable bonds is 19. The van der Waals surface area contributed by atoms with Gasteiger partial charge in [0.1, 0.15) is 18.3 Å². The highest BCUT2D eigenvalue weighted by molar-refractivity contribution is 7.57. The van der Waals surface area contributed by atoms with Gasteiger partial charge in [-0.1, -0.05) is 0 Å². The highest BCUT2D eigenvalue weighted by Gasteiger charge is 2.49. The Morgan fingerprint density at radius 2 is 1.79 bits per heavy atom. The van der Waals surface area contributed by atoms with Crippen LogP contribution in [0.3, 0.4) is 0 Å². The molecule has 1 N–H and O–H groups in total. The molecule has 0 bridgehead atoms. The zero-order valence-electron chi connectivity index (χ0n) is 26.3. The van der Waals surface area contributed by atoms with Gasteiger partial charge < -0.3 is 32.3 Å². The van der Waals surface area contributed by atoms with E-state index < -0.39 is 51.9 Å². The van der Waals surface area contributed by atoms with Gasteiger partial charge in [0.15, 0.2) is 6.23 Å². The summed E-state index contributed by atoms with van der Waals surface area (Å²) in [6.07, 6.45) is -0.708. The van der Waals surface area contributed by atoms with Crippen LogP contribution in [0.15, 0.2) is 27.7 Å². The van der Waals surface area contributed by atoms with E-state index in [-0.39, 0.29) is 51.5 Å². The number of aromatic nitrogens is 2. The predicted octanol–water partition coefficient (Wildman–Crippen LogP) is 4.22. The third kappa shape index (κ3) is 10.7. The van der Waals surface area contributed by atoms with Crippen LogP contribution in [-0.4, -0.2) is 84.8 Å². The van der Waals surface area contributed by atoms with Gasteiger partial charge in [-0.2, -0.15) is 5.26 Å². The first kappa shape index (κ1) is 37.4. The zero-order valence-corrected chi connectivity index (χ0v) is 28.0. The van der Waals surface area contributed by atoms with Gasteiger partial charge in [0.05, 0.1) is 45.5 Å². The van der Waals surface area contributed by atoms with Crippen molar-refractivity contribution in [2.45, 2.75) is 91.5 Å². The molecule has 0 spiro atoms. The van der Waals surface area contributed by atoms with E-state index in [4.69, 9.17) is 37.6 Å². The summed E-state index contributed by atoms with van der Waals surface area (Å²) in [7, 11) is -3.87. The monoisotopic (exact) mass is 648 g/mol. The molecular weight excluding hydrogens is 602 g/mol. The molecule has 0 radical (unpaired) electrons. The molecule has 0 aromatic carbocycles. The van der Waals surface area contributed by atoms with Crippen LogP contribution in [-0.2, 0) is 36.9 Å². The maximum atomic E-state index is 13.3. The second-order valence-electron chi connectivity index (χ2n) is 10.1. The Balaban J connectivity index is 2.68. The fourth-order valence-corrected chi connectivity index (χ4v) is 7.56. The normalized spacial score (nSPS) is 21.8. The van der Waals surface area contributed by atoms with Crippen LogP contribution in [0.4, 0.5) is 0 Å². The highest BCUT2D eigenvalue weighted by atomic mass is 31.2. The van der Waals surface area contributed by atoms with Crippen molar-refractivity contribution < 1.29 is 36.9 Å². The van der Waals surface area contributed by atoms with Gasteiger partial charge >= 0.3 is 13.3 Å². The SMILES string of the molecule is CCOP(=O)(/C=C/[C@H]1O[C@@H](n2cc(C)c(=O)[nH]c2=O)[C@H](OCCOC)[C@@H]1OP(OCCC#N)N(C(C)C)C(C)C)OCC. The summed E-state index contributed by atoms with van der Waals surface area (Å²) >= 11 is 0. The third-order valence-electron chi connectivity index (χ3n) is 6.19. The van der Waals surface area contributed by atoms with E-state index in [1.165, 1.54) is 29.8 Å². The third-order valence-corrected chi connectivity index (χ3v) is 10.1. The van der Waals surface area contributed by atoms with Crippen LogP contribution in [0.1, 0.15) is 59.8 Å². The quantitative estimate of drug-likeness (QED) is 0.168. The molecule has 1 aromatic heterocycles. The molecule has 1 unspecified atom stereocenters. The minimum absolute atomic E-state index is 0.00811. The van der Waals surface area contributed by atoms with Crippen LogP contribution >= 0.6 is 16.1 Å². The Bertz CT molecular complexity index is 1210. The number of nitrogens with one attached hydrogen (secondary N) is 1. The lowest BCUT2D eigenvalue weighted by Gasteiger charge is -2.38. The van der Waals surface area contributed by atoms with Crippen LogP contribution in [0, 0.1) is 18.3 Å². The molecule has 1 fully saturated rings. The summed E-state index contributed by atoms with van der Waals surface area (Å²) < 4.78 is 58.1. The van der Waals surface area contributed by atoms with E-state index in [1.807, 2.05) is 27.7 Å². The average molecular weight is 649 g/mol. The lowest BCUT2D eigenvalue weighted by Crippen LogP contribution is -2.42. The standard InChI is InChI=1S/C27H46N4O10P2/c1-9-38-43(34,39-10-2)17-12-22-23(41-42(37-14-11-13-28)31(19(3)4)20(5)6)24(36-16-15-35-8)26(40-22)30-18-21(7)25(32)29-27(30)33/h12,17-20,22-24,26H,9-11,14-16H2,1-8H3,(H,29,32,33)/b17-12+/t22-,23-,24-,26-,42?/m1/s1. The molecule has 2 heterocycles. The Morgan fingerprint density at radius 3 is 2.35 bits per heavy atom. The van der Waals surface area contributed by atoms with Gasteiger partial charge in [-0.3, -0.25) is 18.9 Å². The molecule has 1 saturated heterocycles. The second-order valence-corrected chi connectivity index (χ2v) is 13.4. The molecule has 14 nitrogen and oxygen atoms in total. The maximum absolute atomic E-state index is 13.3. The van der Waals surface area contributed by atoms with Crippen molar-refractivity contribution in [1.82, 2.24) is 14.2 Å². The number of hydrogen-bond donors (Lipinski definition) is 1. The summed E-state index contributed by atoms with van der Waals surface area (Å²) in [4.78, 5) is 27.4. The molecule has 1 aromatic rings. The van der Waals surface area contributed by atoms with Crippen LogP contribution < -0.4 is 11.2 Å². The Morgan fingerprint density at radius 1 is 1.14 bits per heavy atom. The van der Waals surface area contributed by atoms with Crippen LogP contribution in [0.2, 0.25) is 0 Å². The maximum Gasteiger partial charge on any atom is 0.353 e. The molecule has 244 valence electrons. The Labute approximate surface area is 254 Å². The molecule has 1 aliphatic rings. The number of ether oxygens (including phenoxy) is 3. The first-order valence-corrected chi connectivity index (χ1v) is 17.1. The van der Waals surface area contributed by atoms with Crippen molar-refractivity contribution >= 4 is 16.1 Å². The number of aryl methyl sites for hydroxylation is 1. The summed E-state index contributed by atoms with van der Waals surface area (Å²) in [5, 5.41) is 9.14. The van der Waals surface area contributed by atoms with Crippen molar-refractivity contribution in [1.29, 1.82) is 5.26 Å². The summed E-state index contributed by atoms with van der Waals surface area (Å²) in [6, 6.07) is 2.10. The molecular formula is C27H46N4O10P2. The molecule has 1 aliphatic heterocycles. The van der Waals surface area contributed by atoms with Gasteiger partial charge in [-0.15, -0.1) is 0 Å². The number of aromatic amines is 1. The highest BCUT2D eigenvalue weighted by Crippen LogP contribution is 2.53. The van der Waals surface area contributed by atoms with Crippen molar-refractivity contribution in [2.24, 2.45) is 0 Å². The fraction of sp³-hybridized carbons (Fsp3) is 0.741. The molecule has 0 aliphatic carbocycles. The van der Waals surface area contributed by atoms with E-state index in [9.17, 15) is 14.2 Å². The smallest absolute Gasteiger partial charge is 0.353 e. The average Bonchev–Trinajstić information content (AvgIpc) is 3.26. The summed E-state index contributed by atoms with van der Waals surface area (Å²) in [5.41, 5.74) is -0.925. The first-order valence-electron chi connectivity index (χ1n) is 14.3. The second kappa shape index (κ2) is 18.3. The molecule has 0 amide bonds. The van der Waals surface area contributed by atoms with E-state index in [2.05, 4.69) is 15.7 Å². The number of hydrogen-bond acceptors (Lipinski definition) is 12. The number of nitriles is 1. The minimum Gasteiger partial charge on any atom is -0.382 e. The molecule has 0 saturated carbocycles. The van der Waals surface area contributed by atoms with Crippen molar-refractivity contribution in [3.05, 3.63) is 44.5 Å². The largest absolute Gasteiger partial charge is 0.382 e. The van der Waals surface area contributed by atoms with Crippen molar-refractivity contribution in [3.63, 3.8) is 0 Å². The molecule has 43 heavy (non-hydrogen) atoms. The van der Waals surface area contributed by atoms with E-state index in [1.54, 1.807) is 20.8 Å². The van der Waals surface area contributed by atoms with Gasteiger partial charge in [-0.05, 0) is 54.5 Å². The summed E-state index contributed by atoms with van der Waals surface area (Å²) in [5.74, 6) is 1.32. The number of methoxy groups -OCH3 is 1. The number of H-pyrrole nitrogens is 1. The predicted molar refractivity (Wildman–Crippen MR) is 162 cm³/mol. The van der Waals surface area contributed by atoms with Gasteiger partial charge in [0.2, 0.25) is 0 Å². The Kier molecular flexibility index (Phi) is 15.9. The first-order chi connectivity index (χ1) is 20.4. The van der Waals surface area contributed by atoms with E-state index in [0.717, 1.165) is 0 Å². The topological polar surface area (TPSA) is 164 Å². The van der Waals surface area contributed by atoms with Crippen LogP contribution in [0.5, 0.6) is 0 Å². The summed E-state index contributed by atoms with van der Waals surface area (Å²) in [6.45, 7) is 13.8.